The molecule has 6 rings (SSSR count). The third kappa shape index (κ3) is 5.33. The zero-order valence-electron chi connectivity index (χ0n) is 22.1. The van der Waals surface area contributed by atoms with Crippen LogP contribution in [0.3, 0.4) is 0 Å². The molecule has 0 aliphatic carbocycles. The van der Waals surface area contributed by atoms with Crippen LogP contribution in [0.25, 0.3) is 33.5 Å². The second-order valence-electron chi connectivity index (χ2n) is 9.20. The van der Waals surface area contributed by atoms with Crippen LogP contribution in [0.5, 0.6) is 11.5 Å². The van der Waals surface area contributed by atoms with Crippen molar-refractivity contribution < 1.29 is 18.8 Å². The van der Waals surface area contributed by atoms with E-state index in [1.54, 1.807) is 49.7 Å². The lowest BCUT2D eigenvalue weighted by Crippen LogP contribution is -2.20. The first kappa shape index (κ1) is 27.1. The molecule has 0 aliphatic rings. The molecule has 0 amide bonds. The van der Waals surface area contributed by atoms with Gasteiger partial charge in [-0.25, -0.2) is 4.98 Å². The van der Waals surface area contributed by atoms with E-state index in [2.05, 4.69) is 27.7 Å². The molecule has 0 spiro atoms. The number of rotatable bonds is 8. The van der Waals surface area contributed by atoms with Gasteiger partial charge in [0.15, 0.2) is 5.76 Å². The number of benzene rings is 4. The van der Waals surface area contributed by atoms with Gasteiger partial charge in [-0.1, -0.05) is 18.2 Å². The van der Waals surface area contributed by atoms with E-state index in [0.717, 1.165) is 20.1 Å². The first-order chi connectivity index (χ1) is 20.4. The summed E-state index contributed by atoms with van der Waals surface area (Å²) in [6.45, 7) is 0.255. The Morgan fingerprint density at radius 3 is 2.57 bits per heavy atom. The number of methoxy groups -OCH3 is 1. The minimum atomic E-state index is -0.438. The van der Waals surface area contributed by atoms with E-state index in [9.17, 15) is 14.9 Å². The Kier molecular flexibility index (Phi) is 7.40. The molecule has 6 aromatic rings. The number of aromatic nitrogens is 2. The van der Waals surface area contributed by atoms with E-state index in [4.69, 9.17) is 18.9 Å². The van der Waals surface area contributed by atoms with E-state index in [0.29, 0.717) is 33.7 Å². The van der Waals surface area contributed by atoms with E-state index >= 15 is 0 Å². The lowest BCUT2D eigenvalue weighted by Gasteiger charge is -2.09. The molecule has 2 heterocycles. The fourth-order valence-corrected chi connectivity index (χ4v) is 5.12. The predicted molar refractivity (Wildman–Crippen MR) is 167 cm³/mol. The van der Waals surface area contributed by atoms with Crippen LogP contribution >= 0.6 is 22.6 Å². The maximum atomic E-state index is 13.6. The van der Waals surface area contributed by atoms with Gasteiger partial charge in [0.25, 0.3) is 11.2 Å². The fraction of sp³-hybridized carbons (Fsp3) is 0.0645. The maximum Gasteiger partial charge on any atom is 0.282 e. The third-order valence-electron chi connectivity index (χ3n) is 6.54. The van der Waals surface area contributed by atoms with Crippen LogP contribution in [0.4, 0.5) is 5.69 Å². The van der Waals surface area contributed by atoms with Crippen molar-refractivity contribution in [3.05, 3.63) is 126 Å². The van der Waals surface area contributed by atoms with Crippen LogP contribution in [0.15, 0.2) is 105 Å². The number of hydrogen-bond acceptors (Lipinski definition) is 8. The lowest BCUT2D eigenvalue weighted by molar-refractivity contribution is -0.384. The van der Waals surface area contributed by atoms with Gasteiger partial charge in [-0.15, -0.1) is 0 Å². The zero-order chi connectivity index (χ0) is 29.2. The normalized spacial score (nSPS) is 11.4. The number of fused-ring (bicyclic) bond motifs is 2. The molecule has 0 aliphatic heterocycles. The Morgan fingerprint density at radius 2 is 1.81 bits per heavy atom. The molecule has 4 aromatic carbocycles. The van der Waals surface area contributed by atoms with Crippen molar-refractivity contribution in [3.63, 3.8) is 0 Å². The molecule has 2 aromatic heterocycles. The standard InChI is InChI=1S/C31H21IN4O6/c1-40-26-7-4-8-27-23(26)16-29(42-27)30-34-25-6-3-2-5-22(25)31(37)35(30)33-17-20-11-14-28(24(32)15-20)41-18-19-9-12-21(13-10-19)36(38)39/h2-17H,18H2,1H3. The van der Waals surface area contributed by atoms with Crippen LogP contribution in [0, 0.1) is 13.7 Å². The largest absolute Gasteiger partial charge is 0.496 e. The Bertz CT molecular complexity index is 2050. The smallest absolute Gasteiger partial charge is 0.282 e. The summed E-state index contributed by atoms with van der Waals surface area (Å²) in [5.41, 5.74) is 2.36. The zero-order valence-corrected chi connectivity index (χ0v) is 24.2. The monoisotopic (exact) mass is 672 g/mol. The molecule has 0 N–H and O–H groups in total. The molecule has 0 saturated carbocycles. The number of halogens is 1. The molecular weight excluding hydrogens is 651 g/mol. The van der Waals surface area contributed by atoms with Crippen molar-refractivity contribution in [2.75, 3.05) is 7.11 Å². The highest BCUT2D eigenvalue weighted by atomic mass is 127. The molecule has 0 unspecified atom stereocenters. The van der Waals surface area contributed by atoms with Crippen molar-refractivity contribution in [2.45, 2.75) is 6.61 Å². The second kappa shape index (κ2) is 11.4. The van der Waals surface area contributed by atoms with Gasteiger partial charge in [0.05, 0.1) is 38.1 Å². The number of para-hydroxylation sites is 1. The summed E-state index contributed by atoms with van der Waals surface area (Å²) in [6.07, 6.45) is 1.58. The van der Waals surface area contributed by atoms with Crippen molar-refractivity contribution in [1.29, 1.82) is 0 Å². The van der Waals surface area contributed by atoms with Crippen LogP contribution in [-0.2, 0) is 6.61 Å². The van der Waals surface area contributed by atoms with Crippen LogP contribution in [0.1, 0.15) is 11.1 Å². The van der Waals surface area contributed by atoms with Crippen LogP contribution in [-0.4, -0.2) is 27.9 Å². The molecule has 0 atom stereocenters. The number of non-ortho nitro benzene ring substituents is 1. The summed E-state index contributed by atoms with van der Waals surface area (Å²) in [5, 5.41) is 16.6. The topological polar surface area (TPSA) is 122 Å². The first-order valence-electron chi connectivity index (χ1n) is 12.7. The summed E-state index contributed by atoms with van der Waals surface area (Å²) in [6, 6.07) is 26.1. The highest BCUT2D eigenvalue weighted by Gasteiger charge is 2.18. The van der Waals surface area contributed by atoms with E-state index < -0.39 is 4.92 Å². The van der Waals surface area contributed by atoms with Crippen molar-refractivity contribution in [2.24, 2.45) is 5.10 Å². The Balaban J connectivity index is 1.32. The predicted octanol–water partition coefficient (Wildman–Crippen LogP) is 6.79. The van der Waals surface area contributed by atoms with Gasteiger partial charge in [-0.3, -0.25) is 14.9 Å². The summed E-state index contributed by atoms with van der Waals surface area (Å²) in [5.74, 6) is 1.92. The van der Waals surface area contributed by atoms with E-state index in [-0.39, 0.29) is 23.7 Å². The number of furan rings is 1. The summed E-state index contributed by atoms with van der Waals surface area (Å²) >= 11 is 2.16. The Labute approximate surface area is 252 Å². The van der Waals surface area contributed by atoms with Crippen LogP contribution < -0.4 is 15.0 Å². The van der Waals surface area contributed by atoms with Crippen molar-refractivity contribution >= 4 is 56.4 Å². The van der Waals surface area contributed by atoms with Gasteiger partial charge in [0.1, 0.15) is 23.7 Å². The quantitative estimate of drug-likeness (QED) is 0.0755. The van der Waals surface area contributed by atoms with Crippen LogP contribution in [0.2, 0.25) is 0 Å². The molecule has 0 saturated heterocycles. The summed E-state index contributed by atoms with van der Waals surface area (Å²) in [4.78, 5) is 28.7. The highest BCUT2D eigenvalue weighted by molar-refractivity contribution is 14.1. The van der Waals surface area contributed by atoms with Gasteiger partial charge in [0, 0.05) is 12.1 Å². The molecule has 0 bridgehead atoms. The molecule has 0 radical (unpaired) electrons. The molecule has 208 valence electrons. The van der Waals surface area contributed by atoms with Gasteiger partial charge >= 0.3 is 0 Å². The van der Waals surface area contributed by atoms with E-state index in [1.807, 2.05) is 42.5 Å². The average molecular weight is 672 g/mol. The van der Waals surface area contributed by atoms with Gasteiger partial charge in [-0.05, 0) is 94.4 Å². The number of nitro groups is 1. The summed E-state index contributed by atoms with van der Waals surface area (Å²) < 4.78 is 19.5. The Morgan fingerprint density at radius 1 is 1.00 bits per heavy atom. The molecule has 11 heteroatoms. The lowest BCUT2D eigenvalue weighted by atomic mass is 10.2. The van der Waals surface area contributed by atoms with Gasteiger partial charge in [-0.2, -0.15) is 9.78 Å². The minimum absolute atomic E-state index is 0.0286. The van der Waals surface area contributed by atoms with Crippen molar-refractivity contribution in [1.82, 2.24) is 9.66 Å². The molecule has 0 fully saturated rings. The number of ether oxygens (including phenoxy) is 2. The Hall–Kier alpha value is -5.04. The number of hydrogen-bond donors (Lipinski definition) is 0. The minimum Gasteiger partial charge on any atom is -0.496 e. The number of nitro benzene ring substituents is 1. The molecule has 42 heavy (non-hydrogen) atoms. The average Bonchev–Trinajstić information content (AvgIpc) is 3.45. The molecule has 10 nitrogen and oxygen atoms in total. The van der Waals surface area contributed by atoms with E-state index in [1.165, 1.54) is 16.8 Å². The van der Waals surface area contributed by atoms with Gasteiger partial charge in [0.2, 0.25) is 5.82 Å². The summed E-state index contributed by atoms with van der Waals surface area (Å²) in [7, 11) is 1.59. The highest BCUT2D eigenvalue weighted by Crippen LogP contribution is 2.33. The SMILES string of the molecule is COc1cccc2oc(-c3nc4ccccc4c(=O)n3N=Cc3ccc(OCc4ccc([N+](=O)[O-])cc4)c(I)c3)cc12. The number of nitrogens with zero attached hydrogens (tertiary/aromatic N) is 4. The first-order valence-corrected chi connectivity index (χ1v) is 13.8. The molecular formula is C31H21IN4O6. The third-order valence-corrected chi connectivity index (χ3v) is 7.38. The van der Waals surface area contributed by atoms with Crippen molar-refractivity contribution in [3.8, 4) is 23.1 Å². The maximum absolute atomic E-state index is 13.6. The van der Waals surface area contributed by atoms with Gasteiger partial charge < -0.3 is 13.9 Å². The second-order valence-corrected chi connectivity index (χ2v) is 10.4. The fourth-order valence-electron chi connectivity index (χ4n) is 4.43.